The van der Waals surface area contributed by atoms with Crippen LogP contribution in [-0.4, -0.2) is 15.8 Å². The largest absolute Gasteiger partial charge is 0.294 e. The second-order valence-electron chi connectivity index (χ2n) is 3.36. The van der Waals surface area contributed by atoms with E-state index in [-0.39, 0.29) is 5.78 Å². The van der Waals surface area contributed by atoms with Crippen molar-refractivity contribution in [1.29, 1.82) is 0 Å². The first kappa shape index (κ1) is 12.3. The lowest BCUT2D eigenvalue weighted by Gasteiger charge is -2.01. The van der Waals surface area contributed by atoms with Gasteiger partial charge in [0.1, 0.15) is 10.1 Å². The average molecular weight is 309 g/mol. The minimum Gasteiger partial charge on any atom is -0.294 e. The fourth-order valence-corrected chi connectivity index (χ4v) is 2.11. The van der Waals surface area contributed by atoms with E-state index >= 15 is 0 Å². The summed E-state index contributed by atoms with van der Waals surface area (Å²) in [5.41, 5.74) is 0.623. The van der Waals surface area contributed by atoms with Crippen LogP contribution in [0.15, 0.2) is 51.2 Å². The molecule has 0 N–H and O–H groups in total. The number of carbonyl (C=O) groups excluding carboxylic acids is 1. The van der Waals surface area contributed by atoms with E-state index < -0.39 is 0 Å². The van der Waals surface area contributed by atoms with Gasteiger partial charge < -0.3 is 0 Å². The Morgan fingerprint density at radius 2 is 1.76 bits per heavy atom. The summed E-state index contributed by atoms with van der Waals surface area (Å²) in [4.78, 5) is 19.5. The maximum absolute atomic E-state index is 11.1. The minimum atomic E-state index is 0.0239. The molecule has 0 atom stereocenters. The molecule has 86 valence electrons. The number of halogens is 1. The molecule has 0 aliphatic carbocycles. The van der Waals surface area contributed by atoms with Gasteiger partial charge in [-0.2, -0.15) is 0 Å². The third-order valence-corrected chi connectivity index (χ3v) is 3.42. The van der Waals surface area contributed by atoms with Crippen LogP contribution in [0.1, 0.15) is 17.3 Å². The van der Waals surface area contributed by atoms with Gasteiger partial charge in [0.05, 0.1) is 0 Å². The monoisotopic (exact) mass is 308 g/mol. The number of aromatic nitrogens is 2. The van der Waals surface area contributed by atoms with Gasteiger partial charge in [-0.15, -0.1) is 0 Å². The highest BCUT2D eigenvalue weighted by atomic mass is 79.9. The number of carbonyl (C=O) groups is 1. The van der Waals surface area contributed by atoms with Gasteiger partial charge >= 0.3 is 0 Å². The molecule has 2 heterocycles. The molecule has 0 radical (unpaired) electrons. The molecule has 3 nitrogen and oxygen atoms in total. The van der Waals surface area contributed by atoms with Crippen LogP contribution in [0, 0.1) is 0 Å². The van der Waals surface area contributed by atoms with Crippen LogP contribution in [0.5, 0.6) is 0 Å². The minimum absolute atomic E-state index is 0.0239. The zero-order valence-electron chi connectivity index (χ0n) is 9.05. The topological polar surface area (TPSA) is 42.9 Å². The maximum atomic E-state index is 11.1. The molecule has 0 saturated heterocycles. The Balaban J connectivity index is 2.13. The molecule has 2 aromatic rings. The number of ketones is 1. The van der Waals surface area contributed by atoms with Crippen molar-refractivity contribution in [2.24, 2.45) is 0 Å². The number of nitrogens with zero attached hydrogens (tertiary/aromatic N) is 2. The first-order valence-corrected chi connectivity index (χ1v) is 6.52. The van der Waals surface area contributed by atoms with Crippen LogP contribution in [0.3, 0.4) is 0 Å². The van der Waals surface area contributed by atoms with E-state index in [2.05, 4.69) is 25.9 Å². The zero-order chi connectivity index (χ0) is 12.3. The summed E-state index contributed by atoms with van der Waals surface area (Å²) >= 11 is 4.79. The van der Waals surface area contributed by atoms with Gasteiger partial charge in [-0.1, -0.05) is 11.8 Å². The van der Waals surface area contributed by atoms with Gasteiger partial charge in [-0.3, -0.25) is 4.79 Å². The molecule has 0 bridgehead atoms. The standard InChI is InChI=1S/C12H9BrN2OS/c1-8(16)9-2-4-11(14-6-9)17-12-5-3-10(13)7-15-12/h2-7H,1H3. The van der Waals surface area contributed by atoms with Gasteiger partial charge in [-0.25, -0.2) is 9.97 Å². The first-order valence-electron chi connectivity index (χ1n) is 4.91. The Hall–Kier alpha value is -1.20. The average Bonchev–Trinajstić information content (AvgIpc) is 2.33. The van der Waals surface area contributed by atoms with E-state index in [0.29, 0.717) is 5.56 Å². The Labute approximate surface area is 112 Å². The second kappa shape index (κ2) is 5.42. The summed E-state index contributed by atoms with van der Waals surface area (Å²) in [5, 5.41) is 1.70. The summed E-state index contributed by atoms with van der Waals surface area (Å²) in [6.07, 6.45) is 3.33. The summed E-state index contributed by atoms with van der Waals surface area (Å²) < 4.78 is 0.946. The number of rotatable bonds is 3. The van der Waals surface area contributed by atoms with Crippen molar-refractivity contribution in [3.05, 3.63) is 46.7 Å². The van der Waals surface area contributed by atoms with Gasteiger partial charge in [0.25, 0.3) is 0 Å². The van der Waals surface area contributed by atoms with Gasteiger partial charge in [0, 0.05) is 22.4 Å². The molecule has 5 heteroatoms. The smallest absolute Gasteiger partial charge is 0.161 e. The highest BCUT2D eigenvalue weighted by Crippen LogP contribution is 2.24. The van der Waals surface area contributed by atoms with Crippen molar-refractivity contribution in [3.8, 4) is 0 Å². The van der Waals surface area contributed by atoms with Crippen molar-refractivity contribution < 1.29 is 4.79 Å². The highest BCUT2D eigenvalue weighted by Gasteiger charge is 2.02. The molecule has 0 saturated carbocycles. The second-order valence-corrected chi connectivity index (χ2v) is 5.31. The van der Waals surface area contributed by atoms with E-state index in [4.69, 9.17) is 0 Å². The van der Waals surface area contributed by atoms with E-state index in [1.165, 1.54) is 18.7 Å². The molecule has 17 heavy (non-hydrogen) atoms. The highest BCUT2D eigenvalue weighted by molar-refractivity contribution is 9.10. The van der Waals surface area contributed by atoms with Gasteiger partial charge in [0.2, 0.25) is 0 Å². The number of hydrogen-bond donors (Lipinski definition) is 0. The van der Waals surface area contributed by atoms with Crippen LogP contribution in [0.2, 0.25) is 0 Å². The summed E-state index contributed by atoms with van der Waals surface area (Å²) in [6, 6.07) is 7.44. The molecule has 2 rings (SSSR count). The quantitative estimate of drug-likeness (QED) is 0.813. The number of hydrogen-bond acceptors (Lipinski definition) is 4. The normalized spacial score (nSPS) is 10.2. The molecule has 0 fully saturated rings. The Bertz CT molecular complexity index is 525. The molecular weight excluding hydrogens is 300 g/mol. The number of Topliss-reactive ketones (excluding diaryl/α,β-unsaturated/α-hetero) is 1. The van der Waals surface area contributed by atoms with Crippen molar-refractivity contribution in [2.45, 2.75) is 17.0 Å². The van der Waals surface area contributed by atoms with E-state index in [0.717, 1.165) is 14.5 Å². The molecule has 0 spiro atoms. The lowest BCUT2D eigenvalue weighted by molar-refractivity contribution is 0.101. The first-order chi connectivity index (χ1) is 8.15. The third-order valence-electron chi connectivity index (χ3n) is 2.05. The van der Waals surface area contributed by atoms with Crippen LogP contribution >= 0.6 is 27.7 Å². The summed E-state index contributed by atoms with van der Waals surface area (Å²) in [7, 11) is 0. The van der Waals surface area contributed by atoms with Crippen molar-refractivity contribution in [3.63, 3.8) is 0 Å². The van der Waals surface area contributed by atoms with Crippen LogP contribution in [0.25, 0.3) is 0 Å². The maximum Gasteiger partial charge on any atom is 0.161 e. The van der Waals surface area contributed by atoms with Crippen LogP contribution < -0.4 is 0 Å². The molecule has 0 aliphatic heterocycles. The Kier molecular flexibility index (Phi) is 3.91. The Morgan fingerprint density at radius 3 is 2.24 bits per heavy atom. The molecule has 0 amide bonds. The fourth-order valence-electron chi connectivity index (χ4n) is 1.18. The SMILES string of the molecule is CC(=O)c1ccc(Sc2ccc(Br)cn2)nc1. The molecule has 0 aromatic carbocycles. The van der Waals surface area contributed by atoms with Gasteiger partial charge in [-0.05, 0) is 47.1 Å². The van der Waals surface area contributed by atoms with Crippen molar-refractivity contribution in [2.75, 3.05) is 0 Å². The van der Waals surface area contributed by atoms with E-state index in [9.17, 15) is 4.79 Å². The van der Waals surface area contributed by atoms with Crippen molar-refractivity contribution in [1.82, 2.24) is 9.97 Å². The molecule has 0 aliphatic rings. The molecular formula is C12H9BrN2OS. The van der Waals surface area contributed by atoms with E-state index in [1.807, 2.05) is 18.2 Å². The lowest BCUT2D eigenvalue weighted by atomic mass is 10.2. The predicted octanol–water partition coefficient (Wildman–Crippen LogP) is 3.59. The number of pyridine rings is 2. The predicted molar refractivity (Wildman–Crippen MR) is 70.3 cm³/mol. The van der Waals surface area contributed by atoms with Gasteiger partial charge in [0.15, 0.2) is 5.78 Å². The third kappa shape index (κ3) is 3.38. The molecule has 0 unspecified atom stereocenters. The fraction of sp³-hybridized carbons (Fsp3) is 0.0833. The summed E-state index contributed by atoms with van der Waals surface area (Å²) in [5.74, 6) is 0.0239. The van der Waals surface area contributed by atoms with E-state index in [1.54, 1.807) is 18.5 Å². The summed E-state index contributed by atoms with van der Waals surface area (Å²) in [6.45, 7) is 1.53. The lowest BCUT2D eigenvalue weighted by Crippen LogP contribution is -1.93. The zero-order valence-corrected chi connectivity index (χ0v) is 11.5. The van der Waals surface area contributed by atoms with Crippen LogP contribution in [-0.2, 0) is 0 Å². The Morgan fingerprint density at radius 1 is 1.12 bits per heavy atom. The van der Waals surface area contributed by atoms with Crippen LogP contribution in [0.4, 0.5) is 0 Å². The molecule has 2 aromatic heterocycles. The van der Waals surface area contributed by atoms with Crippen molar-refractivity contribution >= 4 is 33.5 Å².